The van der Waals surface area contributed by atoms with Gasteiger partial charge in [-0.2, -0.15) is 0 Å². The fourth-order valence-electron chi connectivity index (χ4n) is 3.67. The summed E-state index contributed by atoms with van der Waals surface area (Å²) in [4.78, 5) is 17.1. The van der Waals surface area contributed by atoms with E-state index in [0.717, 1.165) is 26.1 Å². The minimum absolute atomic E-state index is 0.154. The first-order valence-corrected chi connectivity index (χ1v) is 8.77. The Bertz CT molecular complexity index is 345. The maximum atomic E-state index is 12.4. The minimum Gasteiger partial charge on any atom is -0.341 e. The number of nitrogens with two attached hydrogens (primary N) is 1. The fraction of sp³-hybridized carbons (Fsp3) is 0.941. The van der Waals surface area contributed by atoms with E-state index in [9.17, 15) is 4.79 Å². The molecule has 2 heterocycles. The van der Waals surface area contributed by atoms with Crippen molar-refractivity contribution in [1.82, 2.24) is 9.80 Å². The molecule has 0 spiro atoms. The third-order valence-electron chi connectivity index (χ3n) is 5.27. The topological polar surface area (TPSA) is 49.6 Å². The lowest BCUT2D eigenvalue weighted by Crippen LogP contribution is -2.52. The Morgan fingerprint density at radius 3 is 2.62 bits per heavy atom. The number of nitrogens with zero attached hydrogens (tertiary/aromatic N) is 2. The van der Waals surface area contributed by atoms with E-state index in [-0.39, 0.29) is 17.9 Å². The van der Waals surface area contributed by atoms with Crippen LogP contribution in [0.15, 0.2) is 0 Å². The van der Waals surface area contributed by atoms with Gasteiger partial charge in [0.1, 0.15) is 0 Å². The van der Waals surface area contributed by atoms with Crippen molar-refractivity contribution in [1.29, 1.82) is 0 Å². The smallest absolute Gasteiger partial charge is 0.239 e. The Kier molecular flexibility index (Phi) is 6.06. The second-order valence-corrected chi connectivity index (χ2v) is 7.40. The molecular formula is C17H33N3O. The van der Waals surface area contributed by atoms with Crippen LogP contribution in [0, 0.1) is 11.8 Å². The Hall–Kier alpha value is -0.610. The average molecular weight is 295 g/mol. The van der Waals surface area contributed by atoms with Gasteiger partial charge in [0.25, 0.3) is 0 Å². The maximum Gasteiger partial charge on any atom is 0.239 e. The Morgan fingerprint density at radius 1 is 1.19 bits per heavy atom. The van der Waals surface area contributed by atoms with E-state index in [1.165, 1.54) is 32.2 Å². The fourth-order valence-corrected chi connectivity index (χ4v) is 3.67. The van der Waals surface area contributed by atoms with Crippen molar-refractivity contribution in [3.63, 3.8) is 0 Å². The molecular weight excluding hydrogens is 262 g/mol. The van der Waals surface area contributed by atoms with Crippen molar-refractivity contribution >= 4 is 5.91 Å². The molecule has 0 aromatic heterocycles. The lowest BCUT2D eigenvalue weighted by atomic mass is 9.93. The Balaban J connectivity index is 1.87. The van der Waals surface area contributed by atoms with Crippen LogP contribution in [0.4, 0.5) is 0 Å². The molecule has 3 atom stereocenters. The number of amides is 1. The van der Waals surface area contributed by atoms with Gasteiger partial charge in [0, 0.05) is 25.7 Å². The summed E-state index contributed by atoms with van der Waals surface area (Å²) in [6.45, 7) is 10.6. The van der Waals surface area contributed by atoms with E-state index < -0.39 is 0 Å². The van der Waals surface area contributed by atoms with E-state index in [0.29, 0.717) is 12.0 Å². The zero-order valence-electron chi connectivity index (χ0n) is 14.1. The highest BCUT2D eigenvalue weighted by atomic mass is 16.2. The predicted molar refractivity (Wildman–Crippen MR) is 87.0 cm³/mol. The largest absolute Gasteiger partial charge is 0.341 e. The summed E-state index contributed by atoms with van der Waals surface area (Å²) in [5.74, 6) is 1.00. The van der Waals surface area contributed by atoms with Crippen LogP contribution in [0.3, 0.4) is 0 Å². The lowest BCUT2D eigenvalue weighted by molar-refractivity contribution is -0.135. The molecule has 4 nitrogen and oxygen atoms in total. The summed E-state index contributed by atoms with van der Waals surface area (Å²) < 4.78 is 0. The molecule has 1 amide bonds. The van der Waals surface area contributed by atoms with Crippen molar-refractivity contribution in [2.75, 3.05) is 26.2 Å². The van der Waals surface area contributed by atoms with Crippen LogP contribution in [-0.2, 0) is 4.79 Å². The van der Waals surface area contributed by atoms with Gasteiger partial charge < -0.3 is 15.5 Å². The normalized spacial score (nSPS) is 29.7. The van der Waals surface area contributed by atoms with Crippen molar-refractivity contribution in [2.24, 2.45) is 17.6 Å². The van der Waals surface area contributed by atoms with Crippen LogP contribution < -0.4 is 5.73 Å². The van der Waals surface area contributed by atoms with Crippen LogP contribution in [-0.4, -0.2) is 54.0 Å². The molecule has 0 aromatic rings. The first-order valence-electron chi connectivity index (χ1n) is 8.77. The van der Waals surface area contributed by atoms with E-state index >= 15 is 0 Å². The van der Waals surface area contributed by atoms with Gasteiger partial charge in [0.05, 0.1) is 6.04 Å². The quantitative estimate of drug-likeness (QED) is 0.864. The van der Waals surface area contributed by atoms with Gasteiger partial charge in [0.2, 0.25) is 5.91 Å². The van der Waals surface area contributed by atoms with Crippen LogP contribution >= 0.6 is 0 Å². The van der Waals surface area contributed by atoms with Gasteiger partial charge in [-0.15, -0.1) is 0 Å². The summed E-state index contributed by atoms with van der Waals surface area (Å²) in [7, 11) is 0. The third kappa shape index (κ3) is 4.43. The molecule has 122 valence electrons. The molecule has 0 unspecified atom stereocenters. The highest BCUT2D eigenvalue weighted by molar-refractivity contribution is 5.82. The van der Waals surface area contributed by atoms with Crippen molar-refractivity contribution < 1.29 is 4.79 Å². The zero-order valence-corrected chi connectivity index (χ0v) is 14.1. The lowest BCUT2D eigenvalue weighted by Gasteiger charge is -2.40. The van der Waals surface area contributed by atoms with Crippen LogP contribution in [0.1, 0.15) is 52.9 Å². The van der Waals surface area contributed by atoms with E-state index in [1.807, 2.05) is 18.7 Å². The molecule has 2 fully saturated rings. The summed E-state index contributed by atoms with van der Waals surface area (Å²) >= 11 is 0. The van der Waals surface area contributed by atoms with Gasteiger partial charge in [0.15, 0.2) is 0 Å². The van der Waals surface area contributed by atoms with Gasteiger partial charge in [-0.25, -0.2) is 0 Å². The summed E-state index contributed by atoms with van der Waals surface area (Å²) in [5.41, 5.74) is 6.04. The standard InChI is InChI=1S/C17H33N3O/c1-13(2)16(18)17(21)20-10-6-8-15(12-20)11-19-9-5-4-7-14(19)3/h13-16H,4-12,18H2,1-3H3/t14-,15-,16+/m1/s1. The first-order chi connectivity index (χ1) is 9.99. The van der Waals surface area contributed by atoms with E-state index in [4.69, 9.17) is 5.73 Å². The second kappa shape index (κ2) is 7.59. The zero-order chi connectivity index (χ0) is 15.4. The van der Waals surface area contributed by atoms with Gasteiger partial charge >= 0.3 is 0 Å². The molecule has 4 heteroatoms. The van der Waals surface area contributed by atoms with Crippen LogP contribution in [0.5, 0.6) is 0 Å². The third-order valence-corrected chi connectivity index (χ3v) is 5.27. The van der Waals surface area contributed by atoms with Gasteiger partial charge in [-0.1, -0.05) is 20.3 Å². The number of piperidine rings is 2. The molecule has 21 heavy (non-hydrogen) atoms. The Morgan fingerprint density at radius 2 is 1.95 bits per heavy atom. The van der Waals surface area contributed by atoms with E-state index in [2.05, 4.69) is 11.8 Å². The maximum absolute atomic E-state index is 12.4. The highest BCUT2D eigenvalue weighted by Gasteiger charge is 2.30. The predicted octanol–water partition coefficient (Wildman–Crippen LogP) is 2.08. The van der Waals surface area contributed by atoms with E-state index in [1.54, 1.807) is 0 Å². The Labute approximate surface area is 130 Å². The molecule has 2 aliphatic rings. The molecule has 0 bridgehead atoms. The minimum atomic E-state index is -0.335. The van der Waals surface area contributed by atoms with Crippen molar-refractivity contribution in [3.05, 3.63) is 0 Å². The van der Waals surface area contributed by atoms with Crippen molar-refractivity contribution in [2.45, 2.75) is 65.0 Å². The summed E-state index contributed by atoms with van der Waals surface area (Å²) in [6.07, 6.45) is 6.41. The average Bonchev–Trinajstić information content (AvgIpc) is 2.48. The molecule has 0 aliphatic carbocycles. The SMILES string of the molecule is CC(C)[C@H](N)C(=O)N1CCC[C@H](CN2CCCC[C@H]2C)C1. The van der Waals surface area contributed by atoms with Crippen LogP contribution in [0.2, 0.25) is 0 Å². The monoisotopic (exact) mass is 295 g/mol. The molecule has 0 aromatic carbocycles. The second-order valence-electron chi connectivity index (χ2n) is 7.40. The summed E-state index contributed by atoms with van der Waals surface area (Å²) in [6, 6.07) is 0.375. The number of hydrogen-bond donors (Lipinski definition) is 1. The number of hydrogen-bond acceptors (Lipinski definition) is 3. The number of carbonyl (C=O) groups is 1. The molecule has 2 saturated heterocycles. The molecule has 2 N–H and O–H groups in total. The molecule has 2 aliphatic heterocycles. The highest BCUT2D eigenvalue weighted by Crippen LogP contribution is 2.23. The number of likely N-dealkylation sites (tertiary alicyclic amines) is 2. The first kappa shape index (κ1) is 16.8. The van der Waals surface area contributed by atoms with Crippen molar-refractivity contribution in [3.8, 4) is 0 Å². The van der Waals surface area contributed by atoms with Gasteiger partial charge in [-0.05, 0) is 51.0 Å². The molecule has 0 radical (unpaired) electrons. The number of rotatable bonds is 4. The number of carbonyl (C=O) groups excluding carboxylic acids is 1. The molecule has 0 saturated carbocycles. The molecule has 2 rings (SSSR count). The van der Waals surface area contributed by atoms with Gasteiger partial charge in [-0.3, -0.25) is 4.79 Å². The van der Waals surface area contributed by atoms with Crippen LogP contribution in [0.25, 0.3) is 0 Å². The summed E-state index contributed by atoms with van der Waals surface area (Å²) in [5, 5.41) is 0.